The van der Waals surface area contributed by atoms with Crippen LogP contribution < -0.4 is 10.7 Å². The molecule has 0 N–H and O–H groups in total. The molecule has 1 aromatic carbocycles. The van der Waals surface area contributed by atoms with Crippen LogP contribution in [-0.4, -0.2) is 20.2 Å². The van der Waals surface area contributed by atoms with Crippen molar-refractivity contribution < 1.29 is 18.0 Å². The van der Waals surface area contributed by atoms with Crippen molar-refractivity contribution in [2.75, 3.05) is 0 Å². The van der Waals surface area contributed by atoms with Crippen LogP contribution in [0.15, 0.2) is 27.0 Å². The third kappa shape index (κ3) is 2.11. The van der Waals surface area contributed by atoms with E-state index in [4.69, 9.17) is 10.7 Å². The standard InChI is InChI=1S/C9H5ClN2O4S/c1-4-2-5-6(3-7(4)17(10,15)16)12-9(14)8(13)11-5/h2-3H,1H3. The molecule has 0 fully saturated rings. The van der Waals surface area contributed by atoms with Crippen molar-refractivity contribution in [3.05, 3.63) is 28.4 Å². The Balaban J connectivity index is 2.89. The molecule has 17 heavy (non-hydrogen) atoms. The summed E-state index contributed by atoms with van der Waals surface area (Å²) in [6, 6.07) is 2.47. The molecule has 2 amide bonds. The first-order valence-corrected chi connectivity index (χ1v) is 6.71. The van der Waals surface area contributed by atoms with Gasteiger partial charge in [0.1, 0.15) is 0 Å². The maximum absolute atomic E-state index is 11.2. The Morgan fingerprint density at radius 1 is 1.06 bits per heavy atom. The first kappa shape index (κ1) is 11.9. The molecule has 0 aromatic heterocycles. The van der Waals surface area contributed by atoms with E-state index in [2.05, 4.69) is 9.98 Å². The second kappa shape index (κ2) is 3.71. The number of amides is 2. The topological polar surface area (TPSA) is 93.0 Å². The third-order valence-corrected chi connectivity index (χ3v) is 3.63. The molecule has 0 radical (unpaired) electrons. The maximum atomic E-state index is 11.2. The summed E-state index contributed by atoms with van der Waals surface area (Å²) in [5.74, 6) is -2.00. The number of hydrogen-bond donors (Lipinski definition) is 0. The first-order chi connectivity index (χ1) is 7.79. The van der Waals surface area contributed by atoms with Gasteiger partial charge in [-0.15, -0.1) is 0 Å². The monoisotopic (exact) mass is 272 g/mol. The van der Waals surface area contributed by atoms with E-state index < -0.39 is 20.9 Å². The zero-order valence-electron chi connectivity index (χ0n) is 8.47. The lowest BCUT2D eigenvalue weighted by Gasteiger charge is -2.03. The number of aryl methyl sites for hydroxylation is 1. The predicted molar refractivity (Wildman–Crippen MR) is 56.5 cm³/mol. The molecule has 0 atom stereocenters. The van der Waals surface area contributed by atoms with Crippen LogP contribution in [0.3, 0.4) is 0 Å². The number of fused-ring (bicyclic) bond motifs is 1. The lowest BCUT2D eigenvalue weighted by molar-refractivity contribution is -0.135. The van der Waals surface area contributed by atoms with Gasteiger partial charge in [0, 0.05) is 10.7 Å². The summed E-state index contributed by atoms with van der Waals surface area (Å²) in [5, 5.41) is 0.190. The summed E-state index contributed by atoms with van der Waals surface area (Å²) in [5.41, 5.74) is 0.333. The van der Waals surface area contributed by atoms with Gasteiger partial charge in [0.25, 0.3) is 9.05 Å². The van der Waals surface area contributed by atoms with Crippen LogP contribution in [0.1, 0.15) is 5.56 Å². The van der Waals surface area contributed by atoms with Crippen LogP contribution in [0.25, 0.3) is 0 Å². The minimum absolute atomic E-state index is 0.0272. The molecule has 6 nitrogen and oxygen atoms in total. The van der Waals surface area contributed by atoms with Crippen molar-refractivity contribution in [1.29, 1.82) is 0 Å². The minimum atomic E-state index is -3.92. The molecule has 0 spiro atoms. The highest BCUT2D eigenvalue weighted by molar-refractivity contribution is 8.13. The lowest BCUT2D eigenvalue weighted by Crippen LogP contribution is -2.35. The number of hydrogen-bond acceptors (Lipinski definition) is 4. The Morgan fingerprint density at radius 3 is 2.00 bits per heavy atom. The van der Waals surface area contributed by atoms with E-state index >= 15 is 0 Å². The number of benzene rings is 1. The van der Waals surface area contributed by atoms with E-state index in [1.807, 2.05) is 0 Å². The Labute approximate surface area is 100 Å². The van der Waals surface area contributed by atoms with Crippen molar-refractivity contribution in [2.45, 2.75) is 11.8 Å². The van der Waals surface area contributed by atoms with Gasteiger partial charge in [-0.1, -0.05) is 0 Å². The fourth-order valence-corrected chi connectivity index (χ4v) is 2.61. The van der Waals surface area contributed by atoms with E-state index in [9.17, 15) is 18.0 Å². The van der Waals surface area contributed by atoms with Crippen molar-refractivity contribution in [1.82, 2.24) is 0 Å². The largest absolute Gasteiger partial charge is 0.338 e. The van der Waals surface area contributed by atoms with Crippen LogP contribution in [0.5, 0.6) is 0 Å². The first-order valence-electron chi connectivity index (χ1n) is 4.40. The number of rotatable bonds is 1. The highest BCUT2D eigenvalue weighted by Gasteiger charge is 2.19. The van der Waals surface area contributed by atoms with Crippen LogP contribution in [-0.2, 0) is 18.6 Å². The molecular weight excluding hydrogens is 268 g/mol. The van der Waals surface area contributed by atoms with Gasteiger partial charge in [-0.25, -0.2) is 18.4 Å². The highest BCUT2D eigenvalue weighted by Crippen LogP contribution is 2.15. The van der Waals surface area contributed by atoms with E-state index in [1.165, 1.54) is 13.0 Å². The lowest BCUT2D eigenvalue weighted by atomic mass is 10.2. The summed E-state index contributed by atoms with van der Waals surface area (Å²) < 4.78 is 22.5. The van der Waals surface area contributed by atoms with Gasteiger partial charge in [0.15, 0.2) is 0 Å². The number of carbonyl (C=O) groups is 2. The van der Waals surface area contributed by atoms with Crippen molar-refractivity contribution in [3.63, 3.8) is 0 Å². The smallest absolute Gasteiger partial charge is 0.261 e. The molecule has 88 valence electrons. The normalized spacial score (nSPS) is 14.9. The predicted octanol–water partition coefficient (Wildman–Crippen LogP) is -0.771. The van der Waals surface area contributed by atoms with Gasteiger partial charge in [0.05, 0.1) is 15.6 Å². The number of carbonyl (C=O) groups excluding carboxylic acids is 2. The van der Waals surface area contributed by atoms with Crippen LogP contribution >= 0.6 is 10.7 Å². The minimum Gasteiger partial charge on any atom is -0.261 e. The Kier molecular flexibility index (Phi) is 2.59. The Bertz CT molecular complexity index is 767. The van der Waals surface area contributed by atoms with Crippen LogP contribution in [0.2, 0.25) is 0 Å². The van der Waals surface area contributed by atoms with Crippen LogP contribution in [0.4, 0.5) is 0 Å². The van der Waals surface area contributed by atoms with Crippen LogP contribution in [0, 0.1) is 6.92 Å². The Hall–Kier alpha value is -1.60. The zero-order chi connectivity index (χ0) is 12.8. The maximum Gasteiger partial charge on any atom is 0.338 e. The molecule has 0 saturated carbocycles. The molecule has 0 bridgehead atoms. The van der Waals surface area contributed by atoms with Gasteiger partial charge in [-0.3, -0.25) is 9.59 Å². The molecule has 1 aliphatic rings. The second-order valence-electron chi connectivity index (χ2n) is 3.38. The van der Waals surface area contributed by atoms with Gasteiger partial charge in [0.2, 0.25) is 0 Å². The van der Waals surface area contributed by atoms with Crippen molar-refractivity contribution in [2.24, 2.45) is 9.98 Å². The molecule has 0 saturated heterocycles. The van der Waals surface area contributed by atoms with Crippen molar-refractivity contribution in [3.8, 4) is 0 Å². The molecule has 1 heterocycles. The fourth-order valence-electron chi connectivity index (χ4n) is 1.42. The third-order valence-electron chi connectivity index (χ3n) is 2.16. The fraction of sp³-hybridized carbons (Fsp3) is 0.111. The van der Waals surface area contributed by atoms with Crippen molar-refractivity contribution >= 4 is 31.5 Å². The highest BCUT2D eigenvalue weighted by atomic mass is 35.7. The summed E-state index contributed by atoms with van der Waals surface area (Å²) in [4.78, 5) is 28.8. The number of halogens is 1. The SMILES string of the molecule is Cc1cc2c(cc1S(=O)(=O)Cl)=NC(=O)C(=O)N=2. The quantitative estimate of drug-likeness (QED) is 0.495. The molecule has 1 aliphatic heterocycles. The van der Waals surface area contributed by atoms with E-state index in [0.717, 1.165) is 6.07 Å². The Morgan fingerprint density at radius 2 is 1.53 bits per heavy atom. The summed E-state index contributed by atoms with van der Waals surface area (Å²) >= 11 is 0. The van der Waals surface area contributed by atoms with E-state index in [0.29, 0.717) is 5.56 Å². The average Bonchev–Trinajstić information content (AvgIpc) is 2.18. The molecule has 0 unspecified atom stereocenters. The van der Waals surface area contributed by atoms with Gasteiger partial charge in [-0.05, 0) is 24.6 Å². The molecule has 0 aliphatic carbocycles. The number of nitrogens with zero attached hydrogens (tertiary/aromatic N) is 2. The summed E-state index contributed by atoms with van der Waals surface area (Å²) in [7, 11) is 1.30. The molecule has 1 aromatic rings. The summed E-state index contributed by atoms with van der Waals surface area (Å²) in [6.07, 6.45) is 0. The zero-order valence-corrected chi connectivity index (χ0v) is 10.0. The molecule has 8 heteroatoms. The van der Waals surface area contributed by atoms with Gasteiger partial charge < -0.3 is 0 Å². The van der Waals surface area contributed by atoms with E-state index in [1.54, 1.807) is 0 Å². The molecular formula is C9H5ClN2O4S. The van der Waals surface area contributed by atoms with Gasteiger partial charge in [-0.2, -0.15) is 0 Å². The van der Waals surface area contributed by atoms with Gasteiger partial charge >= 0.3 is 11.8 Å². The van der Waals surface area contributed by atoms with E-state index in [-0.39, 0.29) is 15.6 Å². The summed E-state index contributed by atoms with van der Waals surface area (Å²) in [6.45, 7) is 1.51. The average molecular weight is 273 g/mol. The molecule has 2 rings (SSSR count). The second-order valence-corrected chi connectivity index (χ2v) is 5.91.